The van der Waals surface area contributed by atoms with Crippen molar-refractivity contribution in [1.82, 2.24) is 34.8 Å². The van der Waals surface area contributed by atoms with Crippen molar-refractivity contribution in [2.75, 3.05) is 84.4 Å². The minimum atomic E-state index is -0.931. The summed E-state index contributed by atoms with van der Waals surface area (Å²) < 4.78 is 51.0. The molecule has 0 saturated carbocycles. The van der Waals surface area contributed by atoms with Crippen LogP contribution in [-0.4, -0.2) is 109 Å². The zero-order chi connectivity index (χ0) is 72.4. The van der Waals surface area contributed by atoms with Crippen LogP contribution in [0.5, 0.6) is 69.4 Å². The Bertz CT molecular complexity index is 4040. The Morgan fingerprint density at radius 1 is 0.490 bits per heavy atom. The Balaban J connectivity index is 0.000000274. The van der Waals surface area contributed by atoms with Gasteiger partial charge in [0.1, 0.15) is 23.1 Å². The molecule has 98 heavy (non-hydrogen) atoms. The molecule has 0 radical (unpaired) electrons. The van der Waals surface area contributed by atoms with Crippen molar-refractivity contribution < 1.29 is 67.4 Å². The van der Waals surface area contributed by atoms with Crippen molar-refractivity contribution >= 4 is 125 Å². The summed E-state index contributed by atoms with van der Waals surface area (Å²) in [6.07, 6.45) is 5.32. The maximum atomic E-state index is 11.5. The number of halogens is 6. The summed E-state index contributed by atoms with van der Waals surface area (Å²) in [5, 5.41) is 6.41. The molecule has 520 valence electrons. The van der Waals surface area contributed by atoms with E-state index in [4.69, 9.17) is 85.1 Å². The van der Waals surface area contributed by atoms with Gasteiger partial charge in [0, 0.05) is 65.4 Å². The van der Waals surface area contributed by atoms with Gasteiger partial charge in [-0.15, -0.1) is 0 Å². The number of para-hydroxylation sites is 4. The van der Waals surface area contributed by atoms with E-state index in [0.717, 1.165) is 44.9 Å². The number of benzene rings is 6. The molecule has 0 aliphatic carbocycles. The van der Waals surface area contributed by atoms with Gasteiger partial charge in [-0.1, -0.05) is 69.3 Å². The predicted octanol–water partition coefficient (Wildman–Crippen LogP) is 18.1. The summed E-state index contributed by atoms with van der Waals surface area (Å²) in [7, 11) is 19.5. The standard InChI is InChI=1S/C22H22BrN3O4.C19H19BrN4O3.C13H10BrClN2O2.C9H13NO2.C6H15N.2ClH.Zn/c1-13-9-16(11-19(28-3)20(13)29-4)25-22-24-12-17(23)21(26-22)30-18-8-6-5-7-15(18)10-14(2)27;1-11-8-12(9-16(25-2)17(11)26-3)23-19-22-10-13(20)18(24-19)27-15-7-5-4-6-14(15)21;1-8(18)6-9-4-2-3-5-11(9)19-12-10(14)7-16-13(15)17-12;1-6-4-7(10)5-8(11-2)9(6)12-3;1-4-7(5-2)6-3;;;/h5-9,11-12H,10H2,1-4H3,(H,24,25,26);4-10H,21H2,1-3H3,(H,22,23,24);2-5,7H,6H2,1H3;4-5H,10H2,1-3H3;4-6H2,1-3H3;2*1H;/q;;;;;;;+2/p-2. The number of carbonyl (C=O) groups is 2. The van der Waals surface area contributed by atoms with Gasteiger partial charge in [0.05, 0.1) is 74.2 Å². The topological polar surface area (TPSA) is 274 Å². The molecular weight excluding hydrogens is 1570 g/mol. The van der Waals surface area contributed by atoms with Crippen molar-refractivity contribution in [3.63, 3.8) is 0 Å². The second kappa shape index (κ2) is 43.6. The van der Waals surface area contributed by atoms with E-state index in [9.17, 15) is 9.59 Å². The van der Waals surface area contributed by atoms with Crippen molar-refractivity contribution in [2.45, 2.75) is 68.2 Å². The zero-order valence-corrected chi connectivity index (χ0v) is 66.9. The third-order valence-electron chi connectivity index (χ3n) is 13.3. The van der Waals surface area contributed by atoms with E-state index >= 15 is 0 Å². The second-order valence-electron chi connectivity index (χ2n) is 20.4. The van der Waals surface area contributed by atoms with Gasteiger partial charge < -0.3 is 69.6 Å². The first-order chi connectivity index (χ1) is 46.9. The van der Waals surface area contributed by atoms with Crippen LogP contribution in [0.15, 0.2) is 141 Å². The number of hydrogen-bond donors (Lipinski definition) is 4. The van der Waals surface area contributed by atoms with Crippen LogP contribution in [0.25, 0.3) is 0 Å². The number of nitrogen functional groups attached to an aromatic ring is 2. The summed E-state index contributed by atoms with van der Waals surface area (Å²) in [5.74, 6) is 7.50. The van der Waals surface area contributed by atoms with Crippen molar-refractivity contribution in [3.05, 3.63) is 174 Å². The van der Waals surface area contributed by atoms with Gasteiger partial charge in [-0.2, -0.15) is 15.0 Å². The van der Waals surface area contributed by atoms with Crippen LogP contribution in [0, 0.1) is 20.8 Å². The van der Waals surface area contributed by atoms with E-state index in [2.05, 4.69) is 114 Å². The van der Waals surface area contributed by atoms with E-state index < -0.39 is 15.1 Å². The Morgan fingerprint density at radius 3 is 1.20 bits per heavy atom. The van der Waals surface area contributed by atoms with Crippen molar-refractivity contribution in [1.29, 1.82) is 0 Å². The van der Waals surface area contributed by atoms with Gasteiger partial charge >= 0.3 is 34.5 Å². The van der Waals surface area contributed by atoms with Gasteiger partial charge in [-0.25, -0.2) is 15.0 Å². The third-order valence-corrected chi connectivity index (χ3v) is 15.2. The fraction of sp³-hybridized carbons (Fsp3) is 0.275. The van der Waals surface area contributed by atoms with E-state index in [1.807, 2.05) is 93.6 Å². The second-order valence-corrected chi connectivity index (χ2v) is 27.9. The van der Waals surface area contributed by atoms with Gasteiger partial charge in [0.25, 0.3) is 0 Å². The van der Waals surface area contributed by atoms with E-state index in [-0.39, 0.29) is 23.3 Å². The Morgan fingerprint density at radius 2 is 0.837 bits per heavy atom. The van der Waals surface area contributed by atoms with E-state index in [1.54, 1.807) is 98.4 Å². The Hall–Kier alpha value is -7.81. The van der Waals surface area contributed by atoms with Crippen molar-refractivity contribution in [3.8, 4) is 69.4 Å². The maximum absolute atomic E-state index is 11.5. The average Bonchev–Trinajstić information content (AvgIpc) is 0.852. The summed E-state index contributed by atoms with van der Waals surface area (Å²) >= 11 is 14.9. The number of ketones is 2. The number of nitrogens with one attached hydrogen (secondary N) is 2. The molecule has 0 bridgehead atoms. The number of rotatable bonds is 23. The fourth-order valence-corrected chi connectivity index (χ4v) is 9.80. The Labute approximate surface area is 618 Å². The van der Waals surface area contributed by atoms with Crippen LogP contribution in [0.3, 0.4) is 0 Å². The van der Waals surface area contributed by atoms with Crippen LogP contribution in [0.4, 0.5) is 34.6 Å². The summed E-state index contributed by atoms with van der Waals surface area (Å²) in [5.41, 5.74) is 18.7. The number of carbonyl (C=O) groups excluding carboxylic acids is 2. The van der Waals surface area contributed by atoms with Crippen LogP contribution >= 0.6 is 78.8 Å². The molecule has 0 atom stereocenters. The molecule has 9 aromatic rings. The molecule has 0 spiro atoms. The molecule has 0 aliphatic heterocycles. The molecule has 3 heterocycles. The van der Waals surface area contributed by atoms with E-state index in [0.29, 0.717) is 107 Å². The quantitative estimate of drug-likeness (QED) is 0.0263. The molecule has 9 rings (SSSR count). The molecule has 0 unspecified atom stereocenters. The molecule has 3 aromatic heterocycles. The van der Waals surface area contributed by atoms with Crippen LogP contribution in [0.2, 0.25) is 5.28 Å². The number of hydrogen-bond acceptors (Lipinski definition) is 22. The molecule has 0 fully saturated rings. The summed E-state index contributed by atoms with van der Waals surface area (Å²) in [6.45, 7) is 19.0. The van der Waals surface area contributed by atoms with Gasteiger partial charge in [0.2, 0.25) is 34.8 Å². The van der Waals surface area contributed by atoms with Gasteiger partial charge in [0.15, 0.2) is 40.2 Å². The fourth-order valence-electron chi connectivity index (χ4n) is 8.86. The first kappa shape index (κ1) is 82.6. The number of anilines is 6. The number of aromatic nitrogens is 6. The van der Waals surface area contributed by atoms with Gasteiger partial charge in [-0.05, 0) is 173 Å². The van der Waals surface area contributed by atoms with Gasteiger partial charge in [-0.3, -0.25) is 9.59 Å². The number of ether oxygens (including phenoxy) is 9. The SMILES string of the molecule is CC(=O)Cc1ccccc1Oc1nc(Cl)ncc1Br.CCN(CC)CC.COc1cc(N)cc(C)c1OC.COc1cc(Nc2ncc(Br)c(Oc3ccccc3CC(C)=O)n2)cc(C)c1OC.COc1cc(Nc2ncc(Br)c(Oc3ccccc3N)n2)cc(C)c1OC.[Cl][Zn][Cl]. The normalized spacial score (nSPS) is 10.1. The molecule has 22 nitrogen and oxygen atoms in total. The van der Waals surface area contributed by atoms with Crippen LogP contribution < -0.4 is 64.7 Å². The first-order valence-electron chi connectivity index (χ1n) is 30.0. The number of nitrogens with two attached hydrogens (primary N) is 2. The molecule has 6 aromatic carbocycles. The molecular formula is C69H79Br3Cl3N11O11Zn. The summed E-state index contributed by atoms with van der Waals surface area (Å²) in [4.78, 5) is 50.4. The Kier molecular flexibility index (Phi) is 36.7. The van der Waals surface area contributed by atoms with Crippen LogP contribution in [0.1, 0.15) is 62.4 Å². The minimum absolute atomic E-state index is 0.0546. The van der Waals surface area contributed by atoms with Crippen molar-refractivity contribution in [2.24, 2.45) is 0 Å². The van der Waals surface area contributed by atoms with Crippen LogP contribution in [-0.2, 0) is 37.6 Å². The molecule has 29 heteroatoms. The number of methoxy groups -OCH3 is 6. The third kappa shape index (κ3) is 26.8. The monoisotopic (exact) mass is 1640 g/mol. The predicted molar refractivity (Wildman–Crippen MR) is 396 cm³/mol. The molecule has 0 saturated heterocycles. The molecule has 0 amide bonds. The number of Topliss-reactive ketones (excluding diaryl/α,β-unsaturated/α-hetero) is 2. The van der Waals surface area contributed by atoms with E-state index in [1.165, 1.54) is 32.8 Å². The molecule has 0 aliphatic rings. The zero-order valence-electron chi connectivity index (χ0n) is 56.9. The first-order valence-corrected chi connectivity index (χ1v) is 40.6. The average molecular weight is 1650 g/mol. The summed E-state index contributed by atoms with van der Waals surface area (Å²) in [6, 6.07) is 32.9. The molecule has 6 N–H and O–H groups in total. The number of aryl methyl sites for hydroxylation is 3. The number of nitrogens with zero attached hydrogens (tertiary/aromatic N) is 7.